The van der Waals surface area contributed by atoms with E-state index in [-0.39, 0.29) is 23.5 Å². The summed E-state index contributed by atoms with van der Waals surface area (Å²) in [7, 11) is 0. The molecule has 1 fully saturated rings. The molecular weight excluding hydrogens is 164 g/mol. The Morgan fingerprint density at radius 2 is 1.85 bits per heavy atom. The van der Waals surface area contributed by atoms with E-state index in [9.17, 15) is 10.2 Å². The fraction of sp³-hybridized carbons (Fsp3) is 1.00. The zero-order valence-electron chi connectivity index (χ0n) is 9.01. The fourth-order valence-corrected chi connectivity index (χ4v) is 2.02. The molecule has 1 saturated carbocycles. The van der Waals surface area contributed by atoms with E-state index in [1.807, 2.05) is 0 Å². The van der Waals surface area contributed by atoms with Crippen molar-refractivity contribution in [3.63, 3.8) is 0 Å². The summed E-state index contributed by atoms with van der Waals surface area (Å²) in [6, 6.07) is 0. The van der Waals surface area contributed by atoms with Gasteiger partial charge in [0.25, 0.3) is 0 Å². The molecule has 0 saturated heterocycles. The molecule has 0 spiro atoms. The molecule has 1 atom stereocenters. The van der Waals surface area contributed by atoms with Crippen LogP contribution < -0.4 is 0 Å². The molecule has 1 aliphatic rings. The van der Waals surface area contributed by atoms with Gasteiger partial charge in [-0.3, -0.25) is 0 Å². The van der Waals surface area contributed by atoms with Crippen LogP contribution in [0.25, 0.3) is 0 Å². The van der Waals surface area contributed by atoms with Crippen molar-refractivity contribution in [3.05, 3.63) is 0 Å². The molecule has 2 nitrogen and oxygen atoms in total. The zero-order chi connectivity index (χ0) is 10.1. The summed E-state index contributed by atoms with van der Waals surface area (Å²) in [6.45, 7) is 6.52. The van der Waals surface area contributed by atoms with Crippen LogP contribution in [-0.4, -0.2) is 22.9 Å². The number of rotatable bonds is 3. The van der Waals surface area contributed by atoms with Gasteiger partial charge in [-0.2, -0.15) is 0 Å². The van der Waals surface area contributed by atoms with Gasteiger partial charge in [0, 0.05) is 5.41 Å². The second-order valence-electron chi connectivity index (χ2n) is 5.65. The van der Waals surface area contributed by atoms with Gasteiger partial charge in [-0.05, 0) is 24.7 Å². The van der Waals surface area contributed by atoms with E-state index >= 15 is 0 Å². The van der Waals surface area contributed by atoms with Gasteiger partial charge in [0.15, 0.2) is 0 Å². The quantitative estimate of drug-likeness (QED) is 0.707. The van der Waals surface area contributed by atoms with Crippen LogP contribution in [0.2, 0.25) is 0 Å². The Labute approximate surface area is 81.0 Å². The summed E-state index contributed by atoms with van der Waals surface area (Å²) in [5, 5.41) is 19.2. The molecule has 0 aliphatic heterocycles. The van der Waals surface area contributed by atoms with E-state index in [2.05, 4.69) is 20.8 Å². The molecule has 1 rings (SSSR count). The average molecular weight is 186 g/mol. The van der Waals surface area contributed by atoms with Crippen LogP contribution in [-0.2, 0) is 0 Å². The van der Waals surface area contributed by atoms with Gasteiger partial charge in [-0.25, -0.2) is 0 Å². The monoisotopic (exact) mass is 186 g/mol. The first-order valence-corrected chi connectivity index (χ1v) is 5.19. The minimum atomic E-state index is -0.328. The number of hydrogen-bond donors (Lipinski definition) is 2. The van der Waals surface area contributed by atoms with Crippen LogP contribution in [0, 0.1) is 10.8 Å². The Morgan fingerprint density at radius 3 is 2.08 bits per heavy atom. The molecule has 0 radical (unpaired) electrons. The van der Waals surface area contributed by atoms with Crippen molar-refractivity contribution in [2.45, 2.75) is 52.6 Å². The molecule has 0 bridgehead atoms. The molecule has 0 heterocycles. The fourth-order valence-electron chi connectivity index (χ4n) is 2.02. The predicted molar refractivity (Wildman–Crippen MR) is 53.4 cm³/mol. The maximum absolute atomic E-state index is 10.00. The lowest BCUT2D eigenvalue weighted by Gasteiger charge is -2.45. The lowest BCUT2D eigenvalue weighted by Crippen LogP contribution is -2.45. The maximum Gasteiger partial charge on any atom is 0.0623 e. The minimum absolute atomic E-state index is 0.143. The van der Waals surface area contributed by atoms with E-state index in [1.54, 1.807) is 0 Å². The molecule has 2 N–H and O–H groups in total. The van der Waals surface area contributed by atoms with Crippen molar-refractivity contribution >= 4 is 0 Å². The predicted octanol–water partition coefficient (Wildman–Crippen LogP) is 1.95. The standard InChI is InChI=1S/C11H22O2/c1-10(2,3)7-9(13)11(8-12)5-4-6-11/h9,12-13H,4-8H2,1-3H3/t9-/m1/s1. The van der Waals surface area contributed by atoms with Crippen LogP contribution in [0.15, 0.2) is 0 Å². The average Bonchev–Trinajstić information content (AvgIpc) is 1.80. The molecule has 0 aromatic carbocycles. The van der Waals surface area contributed by atoms with Crippen molar-refractivity contribution in [2.75, 3.05) is 6.61 Å². The zero-order valence-corrected chi connectivity index (χ0v) is 9.01. The molecule has 0 aromatic heterocycles. The van der Waals surface area contributed by atoms with Crippen molar-refractivity contribution < 1.29 is 10.2 Å². The molecule has 13 heavy (non-hydrogen) atoms. The molecule has 0 aromatic rings. The highest BCUT2D eigenvalue weighted by Crippen LogP contribution is 2.46. The summed E-state index contributed by atoms with van der Waals surface area (Å²) in [5.74, 6) is 0. The van der Waals surface area contributed by atoms with Crippen LogP contribution in [0.5, 0.6) is 0 Å². The van der Waals surface area contributed by atoms with Crippen LogP contribution in [0.3, 0.4) is 0 Å². The molecule has 0 amide bonds. The topological polar surface area (TPSA) is 40.5 Å². The van der Waals surface area contributed by atoms with E-state index < -0.39 is 0 Å². The first-order chi connectivity index (χ1) is 5.90. The number of aliphatic hydroxyl groups is 2. The first kappa shape index (κ1) is 11.0. The SMILES string of the molecule is CC(C)(C)C[C@@H](O)C1(CO)CCC1. The molecule has 1 aliphatic carbocycles. The van der Waals surface area contributed by atoms with Gasteiger partial charge in [-0.1, -0.05) is 27.2 Å². The summed E-state index contributed by atoms with van der Waals surface area (Å²) >= 11 is 0. The van der Waals surface area contributed by atoms with Gasteiger partial charge in [0.2, 0.25) is 0 Å². The van der Waals surface area contributed by atoms with E-state index in [0.29, 0.717) is 0 Å². The highest BCUT2D eigenvalue weighted by molar-refractivity contribution is 4.94. The van der Waals surface area contributed by atoms with Gasteiger partial charge < -0.3 is 10.2 Å². The third kappa shape index (κ3) is 2.44. The Hall–Kier alpha value is -0.0800. The Kier molecular flexibility index (Phi) is 3.03. The highest BCUT2D eigenvalue weighted by atomic mass is 16.3. The van der Waals surface area contributed by atoms with Crippen molar-refractivity contribution in [2.24, 2.45) is 10.8 Å². The summed E-state index contributed by atoms with van der Waals surface area (Å²) < 4.78 is 0. The first-order valence-electron chi connectivity index (χ1n) is 5.19. The number of aliphatic hydroxyl groups excluding tert-OH is 2. The Morgan fingerprint density at radius 1 is 1.31 bits per heavy atom. The van der Waals surface area contributed by atoms with Crippen molar-refractivity contribution in [1.82, 2.24) is 0 Å². The number of hydrogen-bond acceptors (Lipinski definition) is 2. The summed E-state index contributed by atoms with van der Waals surface area (Å²) in [6.07, 6.45) is 3.59. The van der Waals surface area contributed by atoms with Crippen LogP contribution in [0.4, 0.5) is 0 Å². The van der Waals surface area contributed by atoms with Crippen LogP contribution >= 0.6 is 0 Å². The van der Waals surface area contributed by atoms with Gasteiger partial charge in [0.1, 0.15) is 0 Å². The summed E-state index contributed by atoms with van der Waals surface area (Å²) in [4.78, 5) is 0. The van der Waals surface area contributed by atoms with E-state index in [1.165, 1.54) is 0 Å². The Bertz CT molecular complexity index is 160. The third-order valence-corrected chi connectivity index (χ3v) is 3.18. The highest BCUT2D eigenvalue weighted by Gasteiger charge is 2.43. The largest absolute Gasteiger partial charge is 0.396 e. The van der Waals surface area contributed by atoms with E-state index in [4.69, 9.17) is 0 Å². The van der Waals surface area contributed by atoms with Crippen molar-refractivity contribution in [1.29, 1.82) is 0 Å². The van der Waals surface area contributed by atoms with Crippen LogP contribution in [0.1, 0.15) is 46.5 Å². The summed E-state index contributed by atoms with van der Waals surface area (Å²) in [5.41, 5.74) is -0.00947. The van der Waals surface area contributed by atoms with Gasteiger partial charge in [0.05, 0.1) is 12.7 Å². The minimum Gasteiger partial charge on any atom is -0.396 e. The molecule has 0 unspecified atom stereocenters. The molecular formula is C11H22O2. The lowest BCUT2D eigenvalue weighted by molar-refractivity contribution is -0.0858. The Balaban J connectivity index is 2.50. The molecule has 78 valence electrons. The van der Waals surface area contributed by atoms with E-state index in [0.717, 1.165) is 25.7 Å². The lowest BCUT2D eigenvalue weighted by atomic mass is 9.63. The normalized spacial score (nSPS) is 23.8. The molecule has 2 heteroatoms. The van der Waals surface area contributed by atoms with Gasteiger partial charge in [-0.15, -0.1) is 0 Å². The second kappa shape index (κ2) is 3.58. The van der Waals surface area contributed by atoms with Crippen molar-refractivity contribution in [3.8, 4) is 0 Å². The maximum atomic E-state index is 10.00. The smallest absolute Gasteiger partial charge is 0.0623 e. The third-order valence-electron chi connectivity index (χ3n) is 3.18. The van der Waals surface area contributed by atoms with Gasteiger partial charge >= 0.3 is 0 Å². The second-order valence-corrected chi connectivity index (χ2v) is 5.65.